The number of hydrogen-bond donors (Lipinski definition) is 3. The quantitative estimate of drug-likeness (QED) is 0.535. The average molecular weight is 223 g/mol. The zero-order valence-electron chi connectivity index (χ0n) is 9.67. The molecule has 0 aromatic heterocycles. The first-order valence-corrected chi connectivity index (χ1v) is 6.61. The summed E-state index contributed by atoms with van der Waals surface area (Å²) in [6.45, 7) is 2.56. The Morgan fingerprint density at radius 1 is 1.06 bits per heavy atom. The fourth-order valence-corrected chi connectivity index (χ4v) is 3.65. The molecule has 1 saturated carbocycles. The van der Waals surface area contributed by atoms with Gasteiger partial charge in [0.1, 0.15) is 0 Å². The first kappa shape index (κ1) is 10.5. The summed E-state index contributed by atoms with van der Waals surface area (Å²) >= 11 is 0. The van der Waals surface area contributed by atoms with Crippen LogP contribution in [0.2, 0.25) is 0 Å². The molecule has 0 aromatic rings. The summed E-state index contributed by atoms with van der Waals surface area (Å²) in [5.41, 5.74) is 0. The molecule has 0 spiro atoms. The highest BCUT2D eigenvalue weighted by molar-refractivity contribution is 5.80. The number of hydrogen-bond acceptors (Lipinski definition) is 3. The molecule has 4 atom stereocenters. The minimum Gasteiger partial charge on any atom is -0.354 e. The van der Waals surface area contributed by atoms with Gasteiger partial charge in [-0.3, -0.25) is 4.79 Å². The summed E-state index contributed by atoms with van der Waals surface area (Å²) < 4.78 is 0. The summed E-state index contributed by atoms with van der Waals surface area (Å²) in [5.74, 6) is 1.05. The van der Waals surface area contributed by atoms with Crippen molar-refractivity contribution in [1.29, 1.82) is 0 Å². The van der Waals surface area contributed by atoms with Gasteiger partial charge in [-0.1, -0.05) is 12.8 Å². The topological polar surface area (TPSA) is 53.2 Å². The van der Waals surface area contributed by atoms with E-state index in [2.05, 4.69) is 16.0 Å². The molecule has 16 heavy (non-hydrogen) atoms. The van der Waals surface area contributed by atoms with Gasteiger partial charge in [0.15, 0.2) is 0 Å². The molecule has 2 aliphatic heterocycles. The van der Waals surface area contributed by atoms with Crippen LogP contribution in [0.3, 0.4) is 0 Å². The maximum atomic E-state index is 11.9. The van der Waals surface area contributed by atoms with Crippen molar-refractivity contribution in [1.82, 2.24) is 16.0 Å². The number of nitrogens with one attached hydrogen (secondary N) is 3. The summed E-state index contributed by atoms with van der Waals surface area (Å²) in [5, 5.41) is 10.2. The number of carbonyl (C=O) groups excluding carboxylic acids is 1. The van der Waals surface area contributed by atoms with E-state index in [1.54, 1.807) is 0 Å². The second kappa shape index (κ2) is 4.34. The van der Waals surface area contributed by atoms with Crippen LogP contribution in [0.25, 0.3) is 0 Å². The lowest BCUT2D eigenvalue weighted by Gasteiger charge is -2.45. The van der Waals surface area contributed by atoms with Gasteiger partial charge in [0.25, 0.3) is 0 Å². The molecule has 90 valence electrons. The Balaban J connectivity index is 1.80. The first-order chi connectivity index (χ1) is 7.86. The Labute approximate surface area is 96.5 Å². The molecule has 0 aromatic carbocycles. The molecule has 3 fully saturated rings. The van der Waals surface area contributed by atoms with Gasteiger partial charge >= 0.3 is 0 Å². The number of piperidine rings is 1. The Kier molecular flexibility index (Phi) is 2.86. The van der Waals surface area contributed by atoms with E-state index in [9.17, 15) is 4.79 Å². The third-order valence-electron chi connectivity index (χ3n) is 4.46. The predicted molar refractivity (Wildman–Crippen MR) is 62.0 cm³/mol. The van der Waals surface area contributed by atoms with Gasteiger partial charge < -0.3 is 16.0 Å². The fourth-order valence-electron chi connectivity index (χ4n) is 3.65. The van der Waals surface area contributed by atoms with Crippen molar-refractivity contribution in [2.24, 2.45) is 11.8 Å². The van der Waals surface area contributed by atoms with Crippen molar-refractivity contribution in [3.8, 4) is 0 Å². The summed E-state index contributed by atoms with van der Waals surface area (Å²) in [6, 6.07) is 1.06. The van der Waals surface area contributed by atoms with E-state index in [4.69, 9.17) is 0 Å². The van der Waals surface area contributed by atoms with Gasteiger partial charge in [0.05, 0.1) is 5.92 Å². The Bertz CT molecular complexity index is 281. The first-order valence-electron chi connectivity index (χ1n) is 6.61. The summed E-state index contributed by atoms with van der Waals surface area (Å²) in [7, 11) is 0. The lowest BCUT2D eigenvalue weighted by Crippen LogP contribution is -2.61. The largest absolute Gasteiger partial charge is 0.354 e. The van der Waals surface area contributed by atoms with Crippen LogP contribution in [0, 0.1) is 11.8 Å². The zero-order chi connectivity index (χ0) is 11.0. The SMILES string of the molecule is O=C1NCCNC2C1CNC1CCCCC12. The highest BCUT2D eigenvalue weighted by Crippen LogP contribution is 2.33. The maximum absolute atomic E-state index is 11.9. The molecule has 0 radical (unpaired) electrons. The van der Waals surface area contributed by atoms with E-state index in [-0.39, 0.29) is 11.8 Å². The van der Waals surface area contributed by atoms with Crippen LogP contribution in [0.4, 0.5) is 0 Å². The van der Waals surface area contributed by atoms with E-state index >= 15 is 0 Å². The predicted octanol–water partition coefficient (Wildman–Crippen LogP) is -0.147. The molecule has 3 rings (SSSR count). The van der Waals surface area contributed by atoms with Crippen LogP contribution in [0.15, 0.2) is 0 Å². The van der Waals surface area contributed by atoms with Gasteiger partial charge in [-0.15, -0.1) is 0 Å². The van der Waals surface area contributed by atoms with E-state index in [1.807, 2.05) is 0 Å². The van der Waals surface area contributed by atoms with Crippen molar-refractivity contribution in [3.63, 3.8) is 0 Å². The molecule has 1 aliphatic carbocycles. The molecule has 4 unspecified atom stereocenters. The fraction of sp³-hybridized carbons (Fsp3) is 0.917. The van der Waals surface area contributed by atoms with Crippen molar-refractivity contribution in [2.75, 3.05) is 19.6 Å². The number of fused-ring (bicyclic) bond motifs is 3. The third-order valence-corrected chi connectivity index (χ3v) is 4.46. The van der Waals surface area contributed by atoms with Crippen LogP contribution >= 0.6 is 0 Å². The monoisotopic (exact) mass is 223 g/mol. The lowest BCUT2D eigenvalue weighted by molar-refractivity contribution is -0.126. The highest BCUT2D eigenvalue weighted by Gasteiger charge is 2.43. The molecule has 4 nitrogen and oxygen atoms in total. The Morgan fingerprint density at radius 2 is 1.94 bits per heavy atom. The minimum absolute atomic E-state index is 0.141. The second-order valence-corrected chi connectivity index (χ2v) is 5.34. The highest BCUT2D eigenvalue weighted by atomic mass is 16.2. The summed E-state index contributed by atoms with van der Waals surface area (Å²) in [6.07, 6.45) is 5.24. The Morgan fingerprint density at radius 3 is 2.88 bits per heavy atom. The summed E-state index contributed by atoms with van der Waals surface area (Å²) in [4.78, 5) is 11.9. The maximum Gasteiger partial charge on any atom is 0.226 e. The van der Waals surface area contributed by atoms with Crippen LogP contribution in [0.1, 0.15) is 25.7 Å². The lowest BCUT2D eigenvalue weighted by atomic mass is 9.72. The minimum atomic E-state index is 0.141. The van der Waals surface area contributed by atoms with E-state index < -0.39 is 0 Å². The second-order valence-electron chi connectivity index (χ2n) is 5.34. The third kappa shape index (κ3) is 1.74. The molecule has 2 heterocycles. The van der Waals surface area contributed by atoms with Gasteiger partial charge in [-0.25, -0.2) is 0 Å². The van der Waals surface area contributed by atoms with E-state index in [0.717, 1.165) is 19.6 Å². The van der Waals surface area contributed by atoms with Crippen LogP contribution < -0.4 is 16.0 Å². The van der Waals surface area contributed by atoms with E-state index in [1.165, 1.54) is 25.7 Å². The van der Waals surface area contributed by atoms with Crippen molar-refractivity contribution in [2.45, 2.75) is 37.8 Å². The molecule has 3 aliphatic rings. The molecule has 0 bridgehead atoms. The molecule has 2 saturated heterocycles. The van der Waals surface area contributed by atoms with E-state index in [0.29, 0.717) is 18.0 Å². The van der Waals surface area contributed by atoms with Crippen LogP contribution in [0.5, 0.6) is 0 Å². The van der Waals surface area contributed by atoms with Crippen molar-refractivity contribution >= 4 is 5.91 Å². The standard InChI is InChI=1S/C12H21N3O/c16-12-9-7-15-10-4-2-1-3-8(10)11(9)13-5-6-14-12/h8-11,13,15H,1-7H2,(H,14,16). The van der Waals surface area contributed by atoms with Crippen molar-refractivity contribution < 1.29 is 4.79 Å². The van der Waals surface area contributed by atoms with Crippen molar-refractivity contribution in [3.05, 3.63) is 0 Å². The van der Waals surface area contributed by atoms with Gasteiger partial charge in [-0.2, -0.15) is 0 Å². The molecule has 4 heteroatoms. The molecule has 1 amide bonds. The number of amides is 1. The molecular formula is C12H21N3O. The zero-order valence-corrected chi connectivity index (χ0v) is 9.67. The Hall–Kier alpha value is -0.610. The molecular weight excluding hydrogens is 202 g/mol. The van der Waals surface area contributed by atoms with Crippen LogP contribution in [-0.2, 0) is 4.79 Å². The number of carbonyl (C=O) groups is 1. The normalized spacial score (nSPS) is 43.9. The molecule has 3 N–H and O–H groups in total. The van der Waals surface area contributed by atoms with Gasteiger partial charge in [-0.05, 0) is 18.8 Å². The average Bonchev–Trinajstić information content (AvgIpc) is 2.52. The smallest absolute Gasteiger partial charge is 0.226 e. The number of rotatable bonds is 0. The van der Waals surface area contributed by atoms with Gasteiger partial charge in [0.2, 0.25) is 5.91 Å². The van der Waals surface area contributed by atoms with Gasteiger partial charge in [0, 0.05) is 31.7 Å². The van der Waals surface area contributed by atoms with Crippen LogP contribution in [-0.4, -0.2) is 37.6 Å².